The number of rotatable bonds is 6. The zero-order valence-electron chi connectivity index (χ0n) is 12.6. The van der Waals surface area contributed by atoms with Crippen LogP contribution >= 0.6 is 0 Å². The third-order valence-corrected chi connectivity index (χ3v) is 3.76. The van der Waals surface area contributed by atoms with Crippen LogP contribution in [0.2, 0.25) is 0 Å². The maximum Gasteiger partial charge on any atom is 0.119 e. The van der Waals surface area contributed by atoms with Gasteiger partial charge in [0, 0.05) is 6.07 Å². The van der Waals surface area contributed by atoms with E-state index in [-0.39, 0.29) is 17.2 Å². The zero-order chi connectivity index (χ0) is 16.1. The molecule has 0 unspecified atom stereocenters. The molecule has 22 heavy (non-hydrogen) atoms. The van der Waals surface area contributed by atoms with Crippen molar-refractivity contribution in [3.8, 4) is 17.2 Å². The van der Waals surface area contributed by atoms with E-state index in [4.69, 9.17) is 0 Å². The lowest BCUT2D eigenvalue weighted by atomic mass is 9.93. The van der Waals surface area contributed by atoms with Crippen LogP contribution in [0.3, 0.4) is 0 Å². The molecule has 0 fully saturated rings. The minimum absolute atomic E-state index is 0.0498. The third-order valence-electron chi connectivity index (χ3n) is 3.76. The van der Waals surface area contributed by atoms with Crippen LogP contribution in [0.4, 0.5) is 0 Å². The molecule has 0 aromatic heterocycles. The maximum absolute atomic E-state index is 10.2. The highest BCUT2D eigenvalue weighted by Crippen LogP contribution is 2.28. The largest absolute Gasteiger partial charge is 0.508 e. The first-order valence-corrected chi connectivity index (χ1v) is 7.43. The van der Waals surface area contributed by atoms with E-state index in [0.29, 0.717) is 17.9 Å². The molecule has 4 N–H and O–H groups in total. The van der Waals surface area contributed by atoms with Crippen molar-refractivity contribution in [2.24, 2.45) is 5.92 Å². The lowest BCUT2D eigenvalue weighted by Gasteiger charge is -2.16. The summed E-state index contributed by atoms with van der Waals surface area (Å²) in [5, 5.41) is 38.3. The SMILES string of the molecule is C[C@H](CC[C@H](O)c1cc(O)cc(O)c1)Cc1ccc(O)cc1. The molecule has 0 radical (unpaired) electrons. The Kier molecular flexibility index (Phi) is 5.28. The molecule has 0 aliphatic heterocycles. The normalized spacial score (nSPS) is 13.7. The van der Waals surface area contributed by atoms with Crippen LogP contribution < -0.4 is 0 Å². The second-order valence-electron chi connectivity index (χ2n) is 5.85. The van der Waals surface area contributed by atoms with Crippen LogP contribution in [0.1, 0.15) is 37.0 Å². The van der Waals surface area contributed by atoms with Crippen LogP contribution in [0, 0.1) is 5.92 Å². The number of aliphatic hydroxyl groups excluding tert-OH is 1. The average molecular weight is 302 g/mol. The molecule has 2 atom stereocenters. The van der Waals surface area contributed by atoms with Gasteiger partial charge in [-0.1, -0.05) is 19.1 Å². The van der Waals surface area contributed by atoms with Gasteiger partial charge in [-0.25, -0.2) is 0 Å². The van der Waals surface area contributed by atoms with Gasteiger partial charge in [0.15, 0.2) is 0 Å². The van der Waals surface area contributed by atoms with Gasteiger partial charge >= 0.3 is 0 Å². The highest BCUT2D eigenvalue weighted by atomic mass is 16.3. The molecule has 0 saturated heterocycles. The van der Waals surface area contributed by atoms with Gasteiger partial charge in [0.25, 0.3) is 0 Å². The average Bonchev–Trinajstić information content (AvgIpc) is 2.46. The van der Waals surface area contributed by atoms with Crippen molar-refractivity contribution in [1.82, 2.24) is 0 Å². The summed E-state index contributed by atoms with van der Waals surface area (Å²) in [6, 6.07) is 11.3. The number of aliphatic hydroxyl groups is 1. The summed E-state index contributed by atoms with van der Waals surface area (Å²) in [7, 11) is 0. The molecule has 2 aromatic carbocycles. The molecule has 4 heteroatoms. The van der Waals surface area contributed by atoms with Gasteiger partial charge in [0.05, 0.1) is 6.10 Å². The summed E-state index contributed by atoms with van der Waals surface area (Å²) in [5.74, 6) is 0.540. The van der Waals surface area contributed by atoms with Crippen molar-refractivity contribution in [2.45, 2.75) is 32.3 Å². The lowest BCUT2D eigenvalue weighted by molar-refractivity contribution is 0.157. The fourth-order valence-corrected chi connectivity index (χ4v) is 2.56. The summed E-state index contributed by atoms with van der Waals surface area (Å²) >= 11 is 0. The predicted molar refractivity (Wildman–Crippen MR) is 84.9 cm³/mol. The molecule has 0 spiro atoms. The minimum Gasteiger partial charge on any atom is -0.508 e. The standard InChI is InChI=1S/C18H22O4/c1-12(8-13-3-5-15(19)6-4-13)2-7-18(22)14-9-16(20)11-17(21)10-14/h3-6,9-12,18-22H,2,7-8H2,1H3/t12-,18+/m1/s1. The van der Waals surface area contributed by atoms with E-state index in [1.807, 2.05) is 12.1 Å². The Bertz CT molecular complexity index is 587. The number of aromatic hydroxyl groups is 3. The Hall–Kier alpha value is -2.20. The summed E-state index contributed by atoms with van der Waals surface area (Å²) in [4.78, 5) is 0. The molecule has 0 heterocycles. The first-order chi connectivity index (χ1) is 10.4. The smallest absolute Gasteiger partial charge is 0.119 e. The molecule has 0 saturated carbocycles. The van der Waals surface area contributed by atoms with Crippen molar-refractivity contribution in [2.75, 3.05) is 0 Å². The molecule has 2 rings (SSSR count). The Morgan fingerprint density at radius 1 is 0.818 bits per heavy atom. The lowest BCUT2D eigenvalue weighted by Crippen LogP contribution is -2.04. The van der Waals surface area contributed by atoms with E-state index < -0.39 is 6.10 Å². The van der Waals surface area contributed by atoms with E-state index in [9.17, 15) is 20.4 Å². The number of hydrogen-bond donors (Lipinski definition) is 4. The van der Waals surface area contributed by atoms with Gasteiger partial charge in [0.1, 0.15) is 17.2 Å². The molecular formula is C18H22O4. The van der Waals surface area contributed by atoms with Crippen LogP contribution in [0.15, 0.2) is 42.5 Å². The molecule has 0 bridgehead atoms. The van der Waals surface area contributed by atoms with Gasteiger partial charge in [-0.3, -0.25) is 0 Å². The zero-order valence-corrected chi connectivity index (χ0v) is 12.6. The number of phenolic OH excluding ortho intramolecular Hbond substituents is 3. The van der Waals surface area contributed by atoms with Gasteiger partial charge in [0.2, 0.25) is 0 Å². The van der Waals surface area contributed by atoms with Crippen LogP contribution in [-0.2, 0) is 6.42 Å². The molecule has 0 amide bonds. The predicted octanol–water partition coefficient (Wildman–Crippen LogP) is 3.50. The molecule has 2 aromatic rings. The Morgan fingerprint density at radius 2 is 1.41 bits per heavy atom. The number of benzene rings is 2. The molecule has 0 aliphatic carbocycles. The molecule has 0 aliphatic rings. The Morgan fingerprint density at radius 3 is 2.00 bits per heavy atom. The van der Waals surface area contributed by atoms with E-state index in [1.54, 1.807) is 12.1 Å². The fourth-order valence-electron chi connectivity index (χ4n) is 2.56. The monoisotopic (exact) mass is 302 g/mol. The van der Waals surface area contributed by atoms with Crippen LogP contribution in [-0.4, -0.2) is 20.4 Å². The quantitative estimate of drug-likeness (QED) is 0.658. The minimum atomic E-state index is -0.708. The second kappa shape index (κ2) is 7.18. The van der Waals surface area contributed by atoms with E-state index in [2.05, 4.69) is 6.92 Å². The van der Waals surface area contributed by atoms with Crippen LogP contribution in [0.5, 0.6) is 17.2 Å². The summed E-state index contributed by atoms with van der Waals surface area (Å²) < 4.78 is 0. The van der Waals surface area contributed by atoms with Gasteiger partial charge < -0.3 is 20.4 Å². The topological polar surface area (TPSA) is 80.9 Å². The van der Waals surface area contributed by atoms with Crippen molar-refractivity contribution >= 4 is 0 Å². The van der Waals surface area contributed by atoms with Gasteiger partial charge in [-0.2, -0.15) is 0 Å². The highest BCUT2D eigenvalue weighted by molar-refractivity contribution is 5.37. The first-order valence-electron chi connectivity index (χ1n) is 7.43. The van der Waals surface area contributed by atoms with E-state index in [0.717, 1.165) is 18.4 Å². The van der Waals surface area contributed by atoms with Crippen LogP contribution in [0.25, 0.3) is 0 Å². The first kappa shape index (κ1) is 16.2. The summed E-state index contributed by atoms with van der Waals surface area (Å²) in [5.41, 5.74) is 1.67. The number of hydrogen-bond acceptors (Lipinski definition) is 4. The van der Waals surface area contributed by atoms with Gasteiger partial charge in [-0.05, 0) is 60.6 Å². The number of phenols is 3. The second-order valence-corrected chi connectivity index (χ2v) is 5.85. The Balaban J connectivity index is 1.87. The fraction of sp³-hybridized carbons (Fsp3) is 0.333. The maximum atomic E-state index is 10.2. The Labute approximate surface area is 130 Å². The third kappa shape index (κ3) is 4.67. The summed E-state index contributed by atoms with van der Waals surface area (Å²) in [6.45, 7) is 2.11. The molecular weight excluding hydrogens is 280 g/mol. The highest BCUT2D eigenvalue weighted by Gasteiger charge is 2.12. The van der Waals surface area contributed by atoms with Crippen molar-refractivity contribution in [1.29, 1.82) is 0 Å². The van der Waals surface area contributed by atoms with Crippen molar-refractivity contribution in [3.05, 3.63) is 53.6 Å². The van der Waals surface area contributed by atoms with Crippen molar-refractivity contribution < 1.29 is 20.4 Å². The van der Waals surface area contributed by atoms with E-state index in [1.165, 1.54) is 18.2 Å². The molecule has 4 nitrogen and oxygen atoms in total. The van der Waals surface area contributed by atoms with E-state index >= 15 is 0 Å². The summed E-state index contributed by atoms with van der Waals surface area (Å²) in [6.07, 6.45) is 1.54. The van der Waals surface area contributed by atoms with Gasteiger partial charge in [-0.15, -0.1) is 0 Å². The van der Waals surface area contributed by atoms with Crippen molar-refractivity contribution in [3.63, 3.8) is 0 Å². The molecule has 118 valence electrons.